The zero-order valence-corrected chi connectivity index (χ0v) is 19.1. The van der Waals surface area contributed by atoms with Crippen LogP contribution in [0.5, 0.6) is 0 Å². The van der Waals surface area contributed by atoms with Crippen LogP contribution in [-0.4, -0.2) is 66.5 Å². The van der Waals surface area contributed by atoms with E-state index in [0.29, 0.717) is 19.0 Å². The minimum Gasteiger partial charge on any atom is -0.447 e. The van der Waals surface area contributed by atoms with Gasteiger partial charge in [0.2, 0.25) is 5.95 Å². The first-order valence-electron chi connectivity index (χ1n) is 11.4. The predicted octanol–water partition coefficient (Wildman–Crippen LogP) is 3.63. The number of piperidine rings is 1. The zero-order valence-electron chi connectivity index (χ0n) is 19.1. The first-order valence-corrected chi connectivity index (χ1v) is 11.4. The molecule has 2 aliphatic heterocycles. The highest BCUT2D eigenvalue weighted by Gasteiger charge is 2.20. The topological polar surface area (TPSA) is 92.7 Å². The van der Waals surface area contributed by atoms with Crippen molar-refractivity contribution in [3.05, 3.63) is 23.9 Å². The molecule has 0 unspecified atom stereocenters. The summed E-state index contributed by atoms with van der Waals surface area (Å²) in [5.74, 6) is 2.14. The van der Waals surface area contributed by atoms with Crippen molar-refractivity contribution in [2.24, 2.45) is 0 Å². The molecular formula is C23H32N6O3. The molecule has 0 spiro atoms. The van der Waals surface area contributed by atoms with Crippen LogP contribution in [-0.2, 0) is 9.47 Å². The van der Waals surface area contributed by atoms with Crippen molar-refractivity contribution in [2.45, 2.75) is 46.1 Å². The van der Waals surface area contributed by atoms with Crippen LogP contribution in [0.1, 0.15) is 38.7 Å². The maximum Gasteiger partial charge on any atom is 0.413 e. The van der Waals surface area contributed by atoms with Crippen LogP contribution < -0.4 is 15.1 Å². The molecule has 4 heterocycles. The number of carbonyl (C=O) groups is 1. The fourth-order valence-corrected chi connectivity index (χ4v) is 3.99. The van der Waals surface area contributed by atoms with E-state index in [1.807, 2.05) is 32.9 Å². The smallest absolute Gasteiger partial charge is 0.413 e. The minimum atomic E-state index is -0.510. The number of anilines is 3. The summed E-state index contributed by atoms with van der Waals surface area (Å²) >= 11 is 0. The second kappa shape index (κ2) is 10.1. The number of carbonyl (C=O) groups excluding carboxylic acids is 1. The second-order valence-corrected chi connectivity index (χ2v) is 8.52. The number of ether oxygens (including phenoxy) is 2. The summed E-state index contributed by atoms with van der Waals surface area (Å²) in [6, 6.07) is 3.87. The van der Waals surface area contributed by atoms with Gasteiger partial charge in [-0.15, -0.1) is 0 Å². The van der Waals surface area contributed by atoms with Gasteiger partial charge in [0.05, 0.1) is 25.0 Å². The molecule has 0 bridgehead atoms. The highest BCUT2D eigenvalue weighted by atomic mass is 16.6. The Labute approximate surface area is 189 Å². The van der Waals surface area contributed by atoms with E-state index >= 15 is 0 Å². The molecule has 1 amide bonds. The van der Waals surface area contributed by atoms with E-state index in [1.165, 1.54) is 6.42 Å². The highest BCUT2D eigenvalue weighted by molar-refractivity contribution is 5.84. The molecule has 1 N–H and O–H groups in total. The van der Waals surface area contributed by atoms with Gasteiger partial charge in [0.25, 0.3) is 0 Å². The van der Waals surface area contributed by atoms with Crippen molar-refractivity contribution in [3.63, 3.8) is 0 Å². The maximum atomic E-state index is 11.9. The predicted molar refractivity (Wildman–Crippen MR) is 124 cm³/mol. The largest absolute Gasteiger partial charge is 0.447 e. The molecule has 2 aromatic heterocycles. The van der Waals surface area contributed by atoms with Gasteiger partial charge >= 0.3 is 6.09 Å². The van der Waals surface area contributed by atoms with E-state index in [0.717, 1.165) is 67.6 Å². The molecule has 0 aliphatic carbocycles. The Bertz CT molecular complexity index is 903. The number of nitrogens with one attached hydrogen (secondary N) is 1. The zero-order chi connectivity index (χ0) is 22.5. The van der Waals surface area contributed by atoms with E-state index in [-0.39, 0.29) is 6.10 Å². The number of morpholine rings is 1. The van der Waals surface area contributed by atoms with Gasteiger partial charge in [-0.1, -0.05) is 0 Å². The Hall–Kier alpha value is -2.94. The molecule has 172 valence electrons. The molecule has 0 aromatic carbocycles. The maximum absolute atomic E-state index is 11.9. The molecule has 0 saturated carbocycles. The van der Waals surface area contributed by atoms with Crippen molar-refractivity contribution in [1.82, 2.24) is 15.0 Å². The minimum absolute atomic E-state index is 0.191. The summed E-state index contributed by atoms with van der Waals surface area (Å²) in [6.07, 6.45) is 4.63. The standard InChI is InChI=1S/C23H32N6O3/c1-16(2)32-23(30)26-20-13-17(3)18(15-24-20)19-14-21(28-9-11-31-12-10-28)27-22(25-19)29-7-5-4-6-8-29/h13-16H,4-12H2,1-3H3,(H,24,26,30). The monoisotopic (exact) mass is 440 g/mol. The van der Waals surface area contributed by atoms with Crippen LogP contribution in [0.3, 0.4) is 0 Å². The normalized spacial score (nSPS) is 16.9. The summed E-state index contributed by atoms with van der Waals surface area (Å²) in [6.45, 7) is 10.6. The lowest BCUT2D eigenvalue weighted by Crippen LogP contribution is -2.37. The number of rotatable bonds is 5. The van der Waals surface area contributed by atoms with Gasteiger partial charge in [0, 0.05) is 44.0 Å². The van der Waals surface area contributed by atoms with E-state index in [9.17, 15) is 4.79 Å². The number of nitrogens with zero attached hydrogens (tertiary/aromatic N) is 5. The van der Waals surface area contributed by atoms with Crippen LogP contribution >= 0.6 is 0 Å². The third-order valence-corrected chi connectivity index (χ3v) is 5.63. The van der Waals surface area contributed by atoms with Crippen molar-refractivity contribution < 1.29 is 14.3 Å². The lowest BCUT2D eigenvalue weighted by atomic mass is 10.1. The Morgan fingerprint density at radius 1 is 1.06 bits per heavy atom. The molecule has 2 fully saturated rings. The SMILES string of the molecule is Cc1cc(NC(=O)OC(C)C)ncc1-c1cc(N2CCOCC2)nc(N2CCCCC2)n1. The van der Waals surface area contributed by atoms with Crippen molar-refractivity contribution in [1.29, 1.82) is 0 Å². The van der Waals surface area contributed by atoms with Crippen LogP contribution in [0.4, 0.5) is 22.4 Å². The Kier molecular flexibility index (Phi) is 7.04. The van der Waals surface area contributed by atoms with E-state index in [4.69, 9.17) is 19.4 Å². The van der Waals surface area contributed by atoms with E-state index in [2.05, 4.69) is 20.1 Å². The Balaban J connectivity index is 1.64. The fourth-order valence-electron chi connectivity index (χ4n) is 3.99. The molecule has 2 aromatic rings. The van der Waals surface area contributed by atoms with Crippen LogP contribution in [0.2, 0.25) is 0 Å². The van der Waals surface area contributed by atoms with Gasteiger partial charge in [-0.05, 0) is 51.7 Å². The molecule has 2 aliphatic rings. The average molecular weight is 441 g/mol. The Morgan fingerprint density at radius 3 is 2.50 bits per heavy atom. The van der Waals surface area contributed by atoms with Gasteiger partial charge in [-0.3, -0.25) is 5.32 Å². The number of pyridine rings is 1. The molecule has 32 heavy (non-hydrogen) atoms. The number of hydrogen-bond donors (Lipinski definition) is 1. The molecule has 9 nitrogen and oxygen atoms in total. The Morgan fingerprint density at radius 2 is 1.81 bits per heavy atom. The lowest BCUT2D eigenvalue weighted by Gasteiger charge is -2.31. The summed E-state index contributed by atoms with van der Waals surface area (Å²) in [4.78, 5) is 30.7. The van der Waals surface area contributed by atoms with Gasteiger partial charge in [0.15, 0.2) is 0 Å². The lowest BCUT2D eigenvalue weighted by molar-refractivity contribution is 0.122. The second-order valence-electron chi connectivity index (χ2n) is 8.52. The van der Waals surface area contributed by atoms with Crippen molar-refractivity contribution in [3.8, 4) is 11.3 Å². The molecule has 9 heteroatoms. The quantitative estimate of drug-likeness (QED) is 0.753. The molecule has 0 radical (unpaired) electrons. The summed E-state index contributed by atoms with van der Waals surface area (Å²) in [5, 5.41) is 2.68. The third-order valence-electron chi connectivity index (χ3n) is 5.63. The summed E-state index contributed by atoms with van der Waals surface area (Å²) in [5.41, 5.74) is 2.72. The van der Waals surface area contributed by atoms with Gasteiger partial charge in [0.1, 0.15) is 11.6 Å². The summed E-state index contributed by atoms with van der Waals surface area (Å²) in [7, 11) is 0. The van der Waals surface area contributed by atoms with Gasteiger partial charge in [-0.25, -0.2) is 14.8 Å². The van der Waals surface area contributed by atoms with Crippen molar-refractivity contribution in [2.75, 3.05) is 54.5 Å². The highest BCUT2D eigenvalue weighted by Crippen LogP contribution is 2.29. The molecular weight excluding hydrogens is 408 g/mol. The number of hydrogen-bond acceptors (Lipinski definition) is 8. The number of aromatic nitrogens is 3. The van der Waals surface area contributed by atoms with E-state index in [1.54, 1.807) is 6.20 Å². The molecule has 4 rings (SSSR count). The van der Waals surface area contributed by atoms with Crippen LogP contribution in [0.25, 0.3) is 11.3 Å². The first kappa shape index (κ1) is 22.3. The van der Waals surface area contributed by atoms with Crippen LogP contribution in [0.15, 0.2) is 18.3 Å². The summed E-state index contributed by atoms with van der Waals surface area (Å²) < 4.78 is 10.7. The fraction of sp³-hybridized carbons (Fsp3) is 0.565. The number of aryl methyl sites for hydroxylation is 1. The average Bonchev–Trinajstić information content (AvgIpc) is 2.79. The van der Waals surface area contributed by atoms with Crippen molar-refractivity contribution >= 4 is 23.7 Å². The third kappa shape index (κ3) is 5.45. The van der Waals surface area contributed by atoms with E-state index < -0.39 is 6.09 Å². The molecule has 2 saturated heterocycles. The van der Waals surface area contributed by atoms with Crippen LogP contribution in [0, 0.1) is 6.92 Å². The van der Waals surface area contributed by atoms with Gasteiger partial charge in [-0.2, -0.15) is 4.98 Å². The first-order chi connectivity index (χ1) is 15.5. The van der Waals surface area contributed by atoms with Gasteiger partial charge < -0.3 is 19.3 Å². The number of amides is 1. The molecule has 0 atom stereocenters.